The summed E-state index contributed by atoms with van der Waals surface area (Å²) in [6, 6.07) is 23.6. The van der Waals surface area contributed by atoms with E-state index in [1.54, 1.807) is 7.11 Å². The number of carbonyl (C=O) groups excluding carboxylic acids is 1. The number of aromatic nitrogens is 2. The molecule has 0 fully saturated rings. The molecule has 4 aromatic rings. The maximum Gasteiger partial charge on any atom is 0.228 e. The molecule has 1 aromatic heterocycles. The molecular weight excluding hydrogens is 362 g/mol. The van der Waals surface area contributed by atoms with E-state index in [0.717, 1.165) is 46.7 Å². The molecule has 146 valence electrons. The van der Waals surface area contributed by atoms with E-state index in [1.807, 2.05) is 72.8 Å². The van der Waals surface area contributed by atoms with Gasteiger partial charge in [0.25, 0.3) is 0 Å². The van der Waals surface area contributed by atoms with E-state index < -0.39 is 0 Å². The fraction of sp³-hybridized carbons (Fsp3) is 0.167. The Morgan fingerprint density at radius 2 is 1.66 bits per heavy atom. The molecule has 2 N–H and O–H groups in total. The zero-order chi connectivity index (χ0) is 20.1. The monoisotopic (exact) mass is 385 g/mol. The summed E-state index contributed by atoms with van der Waals surface area (Å²) in [7, 11) is 1.63. The van der Waals surface area contributed by atoms with Crippen molar-refractivity contribution >= 4 is 22.6 Å². The van der Waals surface area contributed by atoms with Gasteiger partial charge in [-0.3, -0.25) is 4.79 Å². The van der Waals surface area contributed by atoms with Gasteiger partial charge in [-0.2, -0.15) is 0 Å². The number of amides is 1. The fourth-order valence-corrected chi connectivity index (χ4v) is 3.28. The van der Waals surface area contributed by atoms with Crippen LogP contribution in [0.15, 0.2) is 72.8 Å². The van der Waals surface area contributed by atoms with Crippen molar-refractivity contribution in [2.75, 3.05) is 12.4 Å². The number of hydrogen-bond acceptors (Lipinski definition) is 3. The van der Waals surface area contributed by atoms with Gasteiger partial charge in [-0.1, -0.05) is 36.4 Å². The van der Waals surface area contributed by atoms with Gasteiger partial charge >= 0.3 is 0 Å². The van der Waals surface area contributed by atoms with Crippen molar-refractivity contribution in [1.82, 2.24) is 9.97 Å². The standard InChI is InChI=1S/C24H23N3O2/c1-29-20-13-8-18(9-14-20)16-24(28)25-19-11-6-17(7-12-19)10-15-23-26-21-4-2-3-5-22(21)27-23/h2-9,11-14H,10,15-16H2,1H3,(H,25,28)(H,26,27). The number of nitrogens with zero attached hydrogens (tertiary/aromatic N) is 1. The number of para-hydroxylation sites is 2. The Kier molecular flexibility index (Phi) is 5.56. The Labute approximate surface area is 169 Å². The van der Waals surface area contributed by atoms with Crippen LogP contribution in [0.3, 0.4) is 0 Å². The molecule has 1 amide bonds. The van der Waals surface area contributed by atoms with Gasteiger partial charge in [0, 0.05) is 12.1 Å². The summed E-state index contributed by atoms with van der Waals surface area (Å²) in [5, 5.41) is 2.95. The van der Waals surface area contributed by atoms with Crippen molar-refractivity contribution in [3.8, 4) is 5.75 Å². The van der Waals surface area contributed by atoms with Gasteiger partial charge in [0.05, 0.1) is 24.6 Å². The van der Waals surface area contributed by atoms with Crippen LogP contribution in [0.4, 0.5) is 5.69 Å². The molecule has 4 rings (SSSR count). The third-order valence-corrected chi connectivity index (χ3v) is 4.85. The SMILES string of the molecule is COc1ccc(CC(=O)Nc2ccc(CCc3nc4ccccc4[nH]3)cc2)cc1. The molecule has 0 aliphatic carbocycles. The maximum absolute atomic E-state index is 12.3. The highest BCUT2D eigenvalue weighted by Gasteiger charge is 2.06. The number of fused-ring (bicyclic) bond motifs is 1. The molecule has 0 bridgehead atoms. The predicted molar refractivity (Wildman–Crippen MR) is 115 cm³/mol. The number of ether oxygens (including phenoxy) is 1. The van der Waals surface area contributed by atoms with Crippen LogP contribution in [0.5, 0.6) is 5.75 Å². The molecule has 0 aliphatic rings. The number of aryl methyl sites for hydroxylation is 2. The van der Waals surface area contributed by atoms with E-state index >= 15 is 0 Å². The number of imidazole rings is 1. The Hall–Kier alpha value is -3.60. The van der Waals surface area contributed by atoms with Crippen molar-refractivity contribution in [2.45, 2.75) is 19.3 Å². The lowest BCUT2D eigenvalue weighted by Gasteiger charge is -2.07. The second-order valence-electron chi connectivity index (χ2n) is 6.97. The van der Waals surface area contributed by atoms with Crippen LogP contribution in [-0.4, -0.2) is 23.0 Å². The number of nitrogens with one attached hydrogen (secondary N) is 2. The minimum atomic E-state index is -0.0369. The Morgan fingerprint density at radius 3 is 2.38 bits per heavy atom. The number of carbonyl (C=O) groups is 1. The number of hydrogen-bond donors (Lipinski definition) is 2. The third-order valence-electron chi connectivity index (χ3n) is 4.85. The number of aromatic amines is 1. The lowest BCUT2D eigenvalue weighted by Crippen LogP contribution is -2.14. The molecule has 0 atom stereocenters. The first-order valence-corrected chi connectivity index (χ1v) is 9.65. The van der Waals surface area contributed by atoms with Crippen LogP contribution in [0.25, 0.3) is 11.0 Å². The highest BCUT2D eigenvalue weighted by atomic mass is 16.5. The van der Waals surface area contributed by atoms with E-state index in [-0.39, 0.29) is 5.91 Å². The quantitative estimate of drug-likeness (QED) is 0.491. The van der Waals surface area contributed by atoms with Gasteiger partial charge in [0.1, 0.15) is 11.6 Å². The predicted octanol–water partition coefficient (Wildman–Crippen LogP) is 4.54. The number of methoxy groups -OCH3 is 1. The van der Waals surface area contributed by atoms with E-state index in [0.29, 0.717) is 6.42 Å². The third kappa shape index (κ3) is 4.82. The second-order valence-corrected chi connectivity index (χ2v) is 6.97. The molecule has 0 spiro atoms. The Balaban J connectivity index is 1.30. The Morgan fingerprint density at radius 1 is 0.931 bits per heavy atom. The van der Waals surface area contributed by atoms with Gasteiger partial charge in [-0.25, -0.2) is 4.98 Å². The summed E-state index contributed by atoms with van der Waals surface area (Å²) >= 11 is 0. The van der Waals surface area contributed by atoms with E-state index in [1.165, 1.54) is 5.56 Å². The van der Waals surface area contributed by atoms with Crippen LogP contribution in [-0.2, 0) is 24.1 Å². The summed E-state index contributed by atoms with van der Waals surface area (Å²) in [4.78, 5) is 20.2. The molecule has 0 saturated carbocycles. The van der Waals surface area contributed by atoms with Gasteiger partial charge in [-0.15, -0.1) is 0 Å². The molecule has 0 aliphatic heterocycles. The molecule has 29 heavy (non-hydrogen) atoms. The number of anilines is 1. The molecule has 0 unspecified atom stereocenters. The van der Waals surface area contributed by atoms with Gasteiger partial charge < -0.3 is 15.0 Å². The van der Waals surface area contributed by atoms with E-state index in [2.05, 4.69) is 15.3 Å². The van der Waals surface area contributed by atoms with Gasteiger partial charge in [0.15, 0.2) is 0 Å². The van der Waals surface area contributed by atoms with Crippen molar-refractivity contribution in [3.63, 3.8) is 0 Å². The summed E-state index contributed by atoms with van der Waals surface area (Å²) in [6.07, 6.45) is 2.07. The minimum Gasteiger partial charge on any atom is -0.497 e. The second kappa shape index (κ2) is 8.61. The van der Waals surface area contributed by atoms with Crippen molar-refractivity contribution in [3.05, 3.63) is 89.7 Å². The lowest BCUT2D eigenvalue weighted by atomic mass is 10.1. The number of rotatable bonds is 7. The first-order chi connectivity index (χ1) is 14.2. The highest BCUT2D eigenvalue weighted by molar-refractivity contribution is 5.92. The van der Waals surface area contributed by atoms with Crippen LogP contribution < -0.4 is 10.1 Å². The zero-order valence-corrected chi connectivity index (χ0v) is 16.3. The first-order valence-electron chi connectivity index (χ1n) is 9.65. The molecule has 3 aromatic carbocycles. The van der Waals surface area contributed by atoms with Gasteiger partial charge in [-0.05, 0) is 53.9 Å². The molecule has 5 nitrogen and oxygen atoms in total. The number of H-pyrrole nitrogens is 1. The molecule has 0 saturated heterocycles. The van der Waals surface area contributed by atoms with Crippen molar-refractivity contribution in [2.24, 2.45) is 0 Å². The Bertz CT molecular complexity index is 1070. The van der Waals surface area contributed by atoms with Crippen LogP contribution >= 0.6 is 0 Å². The van der Waals surface area contributed by atoms with E-state index in [4.69, 9.17) is 4.74 Å². The normalized spacial score (nSPS) is 10.8. The number of benzene rings is 3. The summed E-state index contributed by atoms with van der Waals surface area (Å²) in [5.41, 5.74) is 5.02. The largest absolute Gasteiger partial charge is 0.497 e. The molecular formula is C24H23N3O2. The zero-order valence-electron chi connectivity index (χ0n) is 16.3. The fourth-order valence-electron chi connectivity index (χ4n) is 3.28. The average Bonchev–Trinajstić information content (AvgIpc) is 3.17. The molecule has 0 radical (unpaired) electrons. The van der Waals surface area contributed by atoms with Gasteiger partial charge in [0.2, 0.25) is 5.91 Å². The van der Waals surface area contributed by atoms with Crippen molar-refractivity contribution < 1.29 is 9.53 Å². The van der Waals surface area contributed by atoms with Crippen LogP contribution in [0.2, 0.25) is 0 Å². The van der Waals surface area contributed by atoms with Crippen LogP contribution in [0, 0.1) is 0 Å². The summed E-state index contributed by atoms with van der Waals surface area (Å²) in [6.45, 7) is 0. The lowest BCUT2D eigenvalue weighted by molar-refractivity contribution is -0.115. The average molecular weight is 385 g/mol. The molecule has 5 heteroatoms. The maximum atomic E-state index is 12.3. The molecule has 1 heterocycles. The summed E-state index contributed by atoms with van der Waals surface area (Å²) in [5.74, 6) is 1.74. The van der Waals surface area contributed by atoms with Crippen LogP contribution in [0.1, 0.15) is 17.0 Å². The smallest absolute Gasteiger partial charge is 0.228 e. The minimum absolute atomic E-state index is 0.0369. The highest BCUT2D eigenvalue weighted by Crippen LogP contribution is 2.16. The summed E-state index contributed by atoms with van der Waals surface area (Å²) < 4.78 is 5.14. The van der Waals surface area contributed by atoms with E-state index in [9.17, 15) is 4.79 Å². The first kappa shape index (κ1) is 18.7. The topological polar surface area (TPSA) is 67.0 Å². The van der Waals surface area contributed by atoms with Crippen molar-refractivity contribution in [1.29, 1.82) is 0 Å².